The molecule has 14 heavy (non-hydrogen) atoms. The minimum atomic E-state index is 0.306. The second kappa shape index (κ2) is 3.54. The third kappa shape index (κ3) is 1.54. The van der Waals surface area contributed by atoms with Crippen LogP contribution < -0.4 is 0 Å². The van der Waals surface area contributed by atoms with E-state index in [0.717, 1.165) is 18.9 Å². The van der Waals surface area contributed by atoms with Crippen molar-refractivity contribution >= 4 is 5.91 Å². The molecule has 1 saturated heterocycles. The van der Waals surface area contributed by atoms with E-state index in [1.165, 1.54) is 12.8 Å². The monoisotopic (exact) mass is 196 g/mol. The Labute approximate surface area is 86.0 Å². The van der Waals surface area contributed by atoms with Gasteiger partial charge in [0.1, 0.15) is 0 Å². The lowest BCUT2D eigenvalue weighted by molar-refractivity contribution is -0.163. The van der Waals surface area contributed by atoms with Crippen molar-refractivity contribution in [2.75, 3.05) is 20.6 Å². The van der Waals surface area contributed by atoms with E-state index in [0.29, 0.717) is 17.7 Å². The van der Waals surface area contributed by atoms with Gasteiger partial charge in [0.2, 0.25) is 5.91 Å². The molecule has 3 nitrogen and oxygen atoms in total. The molecule has 3 atom stereocenters. The second-order valence-corrected chi connectivity index (χ2v) is 4.99. The van der Waals surface area contributed by atoms with E-state index >= 15 is 0 Å². The summed E-state index contributed by atoms with van der Waals surface area (Å²) in [7, 11) is 3.89. The Morgan fingerprint density at radius 3 is 2.71 bits per heavy atom. The van der Waals surface area contributed by atoms with E-state index in [9.17, 15) is 4.79 Å². The van der Waals surface area contributed by atoms with Gasteiger partial charge in [0, 0.05) is 26.6 Å². The Kier molecular flexibility index (Phi) is 2.52. The van der Waals surface area contributed by atoms with Crippen molar-refractivity contribution in [2.45, 2.75) is 26.2 Å². The molecule has 0 aromatic rings. The molecule has 80 valence electrons. The average Bonchev–Trinajstić information content (AvgIpc) is 2.16. The van der Waals surface area contributed by atoms with E-state index in [2.05, 4.69) is 11.9 Å². The van der Waals surface area contributed by atoms with Gasteiger partial charge in [-0.05, 0) is 24.7 Å². The molecule has 2 rings (SSSR count). The van der Waals surface area contributed by atoms with Gasteiger partial charge >= 0.3 is 0 Å². The Balaban J connectivity index is 2.12. The molecule has 0 radical (unpaired) electrons. The Morgan fingerprint density at radius 2 is 2.00 bits per heavy atom. The molecule has 0 N–H and O–H groups in total. The van der Waals surface area contributed by atoms with Crippen molar-refractivity contribution in [2.24, 2.45) is 17.8 Å². The third-order valence-corrected chi connectivity index (χ3v) is 3.90. The summed E-state index contributed by atoms with van der Waals surface area (Å²) < 4.78 is 0. The smallest absolute Gasteiger partial charge is 0.240 e. The molecule has 0 bridgehead atoms. The average molecular weight is 196 g/mol. The van der Waals surface area contributed by atoms with Crippen molar-refractivity contribution < 1.29 is 4.79 Å². The summed E-state index contributed by atoms with van der Waals surface area (Å²) in [4.78, 5) is 12.0. The zero-order valence-electron chi connectivity index (χ0n) is 9.36. The molecule has 0 spiro atoms. The fourth-order valence-corrected chi connectivity index (χ4v) is 2.83. The highest BCUT2D eigenvalue weighted by atomic mass is 16.2. The van der Waals surface area contributed by atoms with Gasteiger partial charge in [-0.15, -0.1) is 0 Å². The van der Waals surface area contributed by atoms with Crippen LogP contribution in [0.2, 0.25) is 0 Å². The molecule has 1 saturated carbocycles. The molecule has 1 amide bonds. The van der Waals surface area contributed by atoms with Crippen molar-refractivity contribution in [3.63, 3.8) is 0 Å². The highest BCUT2D eigenvalue weighted by Gasteiger charge is 2.40. The first-order valence-corrected chi connectivity index (χ1v) is 5.58. The maximum Gasteiger partial charge on any atom is 0.240 e. The number of hydrazine groups is 1. The van der Waals surface area contributed by atoms with Crippen molar-refractivity contribution in [1.29, 1.82) is 0 Å². The number of nitrogens with zero attached hydrogens (tertiary/aromatic N) is 2. The first kappa shape index (κ1) is 9.97. The van der Waals surface area contributed by atoms with Crippen LogP contribution in [0.5, 0.6) is 0 Å². The zero-order chi connectivity index (χ0) is 10.3. The molecule has 3 heteroatoms. The van der Waals surface area contributed by atoms with Gasteiger partial charge in [0.25, 0.3) is 0 Å². The predicted molar refractivity (Wildman–Crippen MR) is 55.4 cm³/mol. The lowest BCUT2D eigenvalue weighted by Gasteiger charge is -2.45. The van der Waals surface area contributed by atoms with Crippen LogP contribution in [0.4, 0.5) is 0 Å². The van der Waals surface area contributed by atoms with Crippen LogP contribution >= 0.6 is 0 Å². The molecule has 0 aromatic heterocycles. The standard InChI is InChI=1S/C11H20N2O/c1-8-4-5-9-7-12(2)13(3)11(14)10(9)6-8/h8-10H,4-7H2,1-3H3. The van der Waals surface area contributed by atoms with E-state index in [4.69, 9.17) is 0 Å². The van der Waals surface area contributed by atoms with Gasteiger partial charge < -0.3 is 0 Å². The van der Waals surface area contributed by atoms with E-state index in [1.807, 2.05) is 14.1 Å². The van der Waals surface area contributed by atoms with Crippen LogP contribution in [0.3, 0.4) is 0 Å². The molecule has 2 aliphatic rings. The minimum Gasteiger partial charge on any atom is -0.279 e. The van der Waals surface area contributed by atoms with E-state index in [1.54, 1.807) is 5.01 Å². The zero-order valence-corrected chi connectivity index (χ0v) is 9.36. The molecule has 1 heterocycles. The predicted octanol–water partition coefficient (Wildman–Crippen LogP) is 1.36. The number of rotatable bonds is 0. The molecule has 1 aliphatic heterocycles. The van der Waals surface area contributed by atoms with E-state index < -0.39 is 0 Å². The largest absolute Gasteiger partial charge is 0.279 e. The first-order valence-electron chi connectivity index (χ1n) is 5.58. The highest BCUT2D eigenvalue weighted by molar-refractivity contribution is 5.79. The second-order valence-electron chi connectivity index (χ2n) is 4.99. The Bertz CT molecular complexity index is 241. The lowest BCUT2D eigenvalue weighted by Crippen LogP contribution is -2.55. The quantitative estimate of drug-likeness (QED) is 0.584. The summed E-state index contributed by atoms with van der Waals surface area (Å²) in [6.45, 7) is 3.32. The number of amides is 1. The van der Waals surface area contributed by atoms with Gasteiger partial charge in [-0.3, -0.25) is 9.80 Å². The molecule has 1 aliphatic carbocycles. The minimum absolute atomic E-state index is 0.306. The normalized spacial score (nSPS) is 39.8. The summed E-state index contributed by atoms with van der Waals surface area (Å²) in [5.74, 6) is 1.98. The number of carbonyl (C=O) groups excluding carboxylic acids is 1. The van der Waals surface area contributed by atoms with Gasteiger partial charge in [0.15, 0.2) is 0 Å². The van der Waals surface area contributed by atoms with Crippen LogP contribution in [0.15, 0.2) is 0 Å². The van der Waals surface area contributed by atoms with Gasteiger partial charge in [0.05, 0.1) is 0 Å². The number of hydrogen-bond acceptors (Lipinski definition) is 2. The van der Waals surface area contributed by atoms with E-state index in [-0.39, 0.29) is 0 Å². The molecule has 0 aromatic carbocycles. The summed E-state index contributed by atoms with van der Waals surface area (Å²) in [5, 5.41) is 3.85. The fourth-order valence-electron chi connectivity index (χ4n) is 2.83. The van der Waals surface area contributed by atoms with Crippen LogP contribution in [0.25, 0.3) is 0 Å². The van der Waals surface area contributed by atoms with Gasteiger partial charge in [-0.25, -0.2) is 5.01 Å². The van der Waals surface area contributed by atoms with Crippen LogP contribution in [0, 0.1) is 17.8 Å². The highest BCUT2D eigenvalue weighted by Crippen LogP contribution is 2.37. The van der Waals surface area contributed by atoms with Gasteiger partial charge in [-0.2, -0.15) is 0 Å². The number of carbonyl (C=O) groups is 1. The Morgan fingerprint density at radius 1 is 1.29 bits per heavy atom. The summed E-state index contributed by atoms with van der Waals surface area (Å²) in [6, 6.07) is 0. The summed E-state index contributed by atoms with van der Waals surface area (Å²) in [6.07, 6.45) is 3.63. The van der Waals surface area contributed by atoms with Crippen LogP contribution in [-0.4, -0.2) is 36.6 Å². The lowest BCUT2D eigenvalue weighted by atomic mass is 9.73. The first-order chi connectivity index (χ1) is 6.59. The molecule has 3 unspecified atom stereocenters. The van der Waals surface area contributed by atoms with Crippen LogP contribution in [-0.2, 0) is 4.79 Å². The van der Waals surface area contributed by atoms with Crippen molar-refractivity contribution in [3.8, 4) is 0 Å². The topological polar surface area (TPSA) is 23.6 Å². The maximum absolute atomic E-state index is 12.0. The number of hydrogen-bond donors (Lipinski definition) is 0. The fraction of sp³-hybridized carbons (Fsp3) is 0.909. The van der Waals surface area contributed by atoms with Gasteiger partial charge in [-0.1, -0.05) is 13.3 Å². The molecular weight excluding hydrogens is 176 g/mol. The number of fused-ring (bicyclic) bond motifs is 1. The van der Waals surface area contributed by atoms with Crippen LogP contribution in [0.1, 0.15) is 26.2 Å². The molecule has 2 fully saturated rings. The summed E-state index contributed by atoms with van der Waals surface area (Å²) in [5.41, 5.74) is 0. The molecular formula is C11H20N2O. The van der Waals surface area contributed by atoms with Crippen molar-refractivity contribution in [1.82, 2.24) is 10.0 Å². The summed E-state index contributed by atoms with van der Waals surface area (Å²) >= 11 is 0. The SMILES string of the molecule is CC1CCC2CN(C)N(C)C(=O)C2C1. The van der Waals surface area contributed by atoms with Crippen molar-refractivity contribution in [3.05, 3.63) is 0 Å². The third-order valence-electron chi connectivity index (χ3n) is 3.90. The maximum atomic E-state index is 12.0. The Hall–Kier alpha value is -0.570.